The molecular weight excluding hydrogens is 220 g/mol. The molecular formula is C9H11ClN2OS. The van der Waals surface area contributed by atoms with Crippen molar-refractivity contribution in [3.8, 4) is 0 Å². The molecule has 0 heterocycles. The van der Waals surface area contributed by atoms with Crippen LogP contribution in [0.5, 0.6) is 0 Å². The lowest BCUT2D eigenvalue weighted by Gasteiger charge is -2.17. The standard InChI is InChI=1S/C9H11ClN2OS/c1-6-4-3-5-7(8(6)10)12(14)9(13)11-2/h3-5,14H,1-2H3,(H,11,13). The highest BCUT2D eigenvalue weighted by atomic mass is 35.5. The fourth-order valence-electron chi connectivity index (χ4n) is 1.01. The Morgan fingerprint density at radius 2 is 2.21 bits per heavy atom. The van der Waals surface area contributed by atoms with Crippen molar-refractivity contribution < 1.29 is 4.79 Å². The first kappa shape index (κ1) is 11.2. The summed E-state index contributed by atoms with van der Waals surface area (Å²) in [5.74, 6) is 0. The quantitative estimate of drug-likeness (QED) is 0.715. The van der Waals surface area contributed by atoms with Crippen LogP contribution in [0.4, 0.5) is 10.5 Å². The topological polar surface area (TPSA) is 32.3 Å². The molecule has 1 rings (SSSR count). The fourth-order valence-corrected chi connectivity index (χ4v) is 1.55. The third-order valence-corrected chi connectivity index (χ3v) is 2.69. The third-order valence-electron chi connectivity index (χ3n) is 1.81. The van der Waals surface area contributed by atoms with Gasteiger partial charge in [-0.2, -0.15) is 0 Å². The van der Waals surface area contributed by atoms with E-state index in [1.165, 1.54) is 11.4 Å². The summed E-state index contributed by atoms with van der Waals surface area (Å²) in [6.45, 7) is 1.87. The average Bonchev–Trinajstić information content (AvgIpc) is 2.20. The van der Waals surface area contributed by atoms with E-state index >= 15 is 0 Å². The van der Waals surface area contributed by atoms with E-state index in [1.807, 2.05) is 19.1 Å². The number of anilines is 1. The van der Waals surface area contributed by atoms with Crippen LogP contribution in [-0.4, -0.2) is 13.1 Å². The minimum absolute atomic E-state index is 0.319. The van der Waals surface area contributed by atoms with Crippen LogP contribution >= 0.6 is 24.4 Å². The van der Waals surface area contributed by atoms with Crippen LogP contribution in [0.25, 0.3) is 0 Å². The Bertz CT molecular complexity index is 357. The molecule has 0 aliphatic rings. The number of thiol groups is 1. The van der Waals surface area contributed by atoms with Crippen LogP contribution in [0.1, 0.15) is 5.56 Å². The number of nitrogens with zero attached hydrogens (tertiary/aromatic N) is 1. The van der Waals surface area contributed by atoms with Crippen LogP contribution in [0.3, 0.4) is 0 Å². The Labute approximate surface area is 93.6 Å². The van der Waals surface area contributed by atoms with E-state index in [0.29, 0.717) is 10.7 Å². The van der Waals surface area contributed by atoms with E-state index in [4.69, 9.17) is 11.6 Å². The summed E-state index contributed by atoms with van der Waals surface area (Å²) in [7, 11) is 1.54. The van der Waals surface area contributed by atoms with Gasteiger partial charge in [0.1, 0.15) is 0 Å². The van der Waals surface area contributed by atoms with Gasteiger partial charge in [-0.3, -0.25) is 0 Å². The molecule has 0 bridgehead atoms. The number of nitrogens with one attached hydrogen (secondary N) is 1. The van der Waals surface area contributed by atoms with Gasteiger partial charge in [0, 0.05) is 7.05 Å². The van der Waals surface area contributed by atoms with Crippen molar-refractivity contribution >= 4 is 36.1 Å². The summed E-state index contributed by atoms with van der Waals surface area (Å²) in [4.78, 5) is 11.3. The summed E-state index contributed by atoms with van der Waals surface area (Å²) in [6.07, 6.45) is 0. The molecule has 0 unspecified atom stereocenters. The lowest BCUT2D eigenvalue weighted by molar-refractivity contribution is 0.252. The Morgan fingerprint density at radius 3 is 2.79 bits per heavy atom. The SMILES string of the molecule is CNC(=O)N(S)c1cccc(C)c1Cl. The normalized spacial score (nSPS) is 9.71. The van der Waals surface area contributed by atoms with Gasteiger partial charge in [0.05, 0.1) is 10.7 Å². The maximum absolute atomic E-state index is 11.3. The predicted molar refractivity (Wildman–Crippen MR) is 62.1 cm³/mol. The van der Waals surface area contributed by atoms with Gasteiger partial charge in [-0.25, -0.2) is 9.10 Å². The summed E-state index contributed by atoms with van der Waals surface area (Å²) >= 11 is 10.1. The second-order valence-electron chi connectivity index (χ2n) is 2.77. The van der Waals surface area contributed by atoms with Crippen molar-refractivity contribution in [2.45, 2.75) is 6.92 Å². The molecule has 14 heavy (non-hydrogen) atoms. The second-order valence-corrected chi connectivity index (χ2v) is 3.55. The number of halogens is 1. The van der Waals surface area contributed by atoms with Crippen molar-refractivity contribution in [3.63, 3.8) is 0 Å². The maximum atomic E-state index is 11.3. The summed E-state index contributed by atoms with van der Waals surface area (Å²) in [5.41, 5.74) is 1.49. The van der Waals surface area contributed by atoms with Crippen molar-refractivity contribution in [3.05, 3.63) is 28.8 Å². The van der Waals surface area contributed by atoms with Crippen LogP contribution < -0.4 is 9.62 Å². The Balaban J connectivity index is 3.07. The number of aryl methyl sites for hydroxylation is 1. The van der Waals surface area contributed by atoms with Crippen LogP contribution in [0.2, 0.25) is 5.02 Å². The Hall–Kier alpha value is -0.870. The summed E-state index contributed by atoms with van der Waals surface area (Å²) < 4.78 is 1.18. The third kappa shape index (κ3) is 2.13. The zero-order chi connectivity index (χ0) is 10.7. The highest BCUT2D eigenvalue weighted by Crippen LogP contribution is 2.29. The van der Waals surface area contributed by atoms with E-state index in [-0.39, 0.29) is 6.03 Å². The van der Waals surface area contributed by atoms with Gasteiger partial charge in [-0.15, -0.1) is 0 Å². The maximum Gasteiger partial charge on any atom is 0.331 e. The van der Waals surface area contributed by atoms with Crippen LogP contribution in [0.15, 0.2) is 18.2 Å². The number of urea groups is 1. The van der Waals surface area contributed by atoms with E-state index in [1.54, 1.807) is 6.07 Å². The lowest BCUT2D eigenvalue weighted by Crippen LogP contribution is -2.31. The molecule has 0 saturated heterocycles. The van der Waals surface area contributed by atoms with Crippen molar-refractivity contribution in [2.75, 3.05) is 11.4 Å². The first-order valence-electron chi connectivity index (χ1n) is 4.03. The Morgan fingerprint density at radius 1 is 1.57 bits per heavy atom. The minimum Gasteiger partial charge on any atom is -0.340 e. The second kappa shape index (κ2) is 4.57. The number of hydrogen-bond acceptors (Lipinski definition) is 2. The number of rotatable bonds is 1. The number of carbonyl (C=O) groups excluding carboxylic acids is 1. The zero-order valence-electron chi connectivity index (χ0n) is 7.91. The van der Waals surface area contributed by atoms with Gasteiger partial charge in [0.25, 0.3) is 0 Å². The highest BCUT2D eigenvalue weighted by molar-refractivity contribution is 7.82. The van der Waals surface area contributed by atoms with E-state index in [2.05, 4.69) is 18.1 Å². The summed E-state index contributed by atoms with van der Waals surface area (Å²) in [6, 6.07) is 5.11. The lowest BCUT2D eigenvalue weighted by atomic mass is 10.2. The Kier molecular flexibility index (Phi) is 3.66. The van der Waals surface area contributed by atoms with Crippen molar-refractivity contribution in [2.24, 2.45) is 0 Å². The molecule has 1 aromatic carbocycles. The van der Waals surface area contributed by atoms with Gasteiger partial charge < -0.3 is 5.32 Å². The molecule has 5 heteroatoms. The fraction of sp³-hybridized carbons (Fsp3) is 0.222. The smallest absolute Gasteiger partial charge is 0.331 e. The minimum atomic E-state index is -0.319. The molecule has 0 fully saturated rings. The van der Waals surface area contributed by atoms with Gasteiger partial charge >= 0.3 is 6.03 Å². The molecule has 0 aromatic heterocycles. The number of amides is 2. The highest BCUT2D eigenvalue weighted by Gasteiger charge is 2.13. The van der Waals surface area contributed by atoms with E-state index in [9.17, 15) is 4.79 Å². The van der Waals surface area contributed by atoms with Crippen molar-refractivity contribution in [1.82, 2.24) is 5.32 Å². The molecule has 3 nitrogen and oxygen atoms in total. The molecule has 0 aliphatic heterocycles. The molecule has 0 atom stereocenters. The predicted octanol–water partition coefficient (Wildman–Crippen LogP) is 2.64. The number of hydrogen-bond donors (Lipinski definition) is 2. The molecule has 1 N–H and O–H groups in total. The van der Waals surface area contributed by atoms with E-state index in [0.717, 1.165) is 5.56 Å². The van der Waals surface area contributed by atoms with Crippen LogP contribution in [-0.2, 0) is 0 Å². The number of benzene rings is 1. The van der Waals surface area contributed by atoms with Gasteiger partial charge in [0.2, 0.25) is 0 Å². The molecule has 0 saturated carbocycles. The molecule has 2 amide bonds. The van der Waals surface area contributed by atoms with Gasteiger partial charge in [-0.1, -0.05) is 36.5 Å². The first-order chi connectivity index (χ1) is 6.57. The molecule has 76 valence electrons. The van der Waals surface area contributed by atoms with Crippen molar-refractivity contribution in [1.29, 1.82) is 0 Å². The first-order valence-corrected chi connectivity index (χ1v) is 4.81. The van der Waals surface area contributed by atoms with Crippen LogP contribution in [0, 0.1) is 6.92 Å². The molecule has 0 aliphatic carbocycles. The van der Waals surface area contributed by atoms with Gasteiger partial charge in [0.15, 0.2) is 0 Å². The largest absolute Gasteiger partial charge is 0.340 e. The zero-order valence-corrected chi connectivity index (χ0v) is 9.56. The average molecular weight is 231 g/mol. The number of carbonyl (C=O) groups is 1. The van der Waals surface area contributed by atoms with E-state index < -0.39 is 0 Å². The van der Waals surface area contributed by atoms with Gasteiger partial charge in [-0.05, 0) is 18.6 Å². The monoisotopic (exact) mass is 230 g/mol. The molecule has 0 radical (unpaired) electrons. The molecule has 1 aromatic rings. The molecule has 0 spiro atoms. The summed E-state index contributed by atoms with van der Waals surface area (Å²) in [5, 5.41) is 3.00.